The highest BCUT2D eigenvalue weighted by Gasteiger charge is 2.39. The summed E-state index contributed by atoms with van der Waals surface area (Å²) in [5.41, 5.74) is 0.179. The first-order valence-electron chi connectivity index (χ1n) is 11.6. The fraction of sp³-hybridized carbons (Fsp3) is 0.909. The minimum absolute atomic E-state index is 0. The van der Waals surface area contributed by atoms with E-state index in [-0.39, 0.29) is 47.4 Å². The van der Waals surface area contributed by atoms with Gasteiger partial charge in [0.1, 0.15) is 0 Å². The van der Waals surface area contributed by atoms with Crippen LogP contribution in [0, 0.1) is 5.92 Å². The summed E-state index contributed by atoms with van der Waals surface area (Å²) in [5.74, 6) is 1.17. The van der Waals surface area contributed by atoms with E-state index in [2.05, 4.69) is 25.8 Å². The minimum atomic E-state index is 0. The molecule has 1 aliphatic carbocycles. The SMILES string of the molecule is CN=C(NCC1(N2CCCC2)CCOCC1)NC1CCCC(C(=O)NC(C)C)C1.I. The van der Waals surface area contributed by atoms with Crippen LogP contribution in [0.1, 0.15) is 65.2 Å². The van der Waals surface area contributed by atoms with E-state index >= 15 is 0 Å². The summed E-state index contributed by atoms with van der Waals surface area (Å²) in [5, 5.41) is 10.3. The van der Waals surface area contributed by atoms with E-state index in [0.29, 0.717) is 6.04 Å². The molecule has 3 N–H and O–H groups in total. The van der Waals surface area contributed by atoms with Crippen molar-refractivity contribution in [3.8, 4) is 0 Å². The van der Waals surface area contributed by atoms with Crippen molar-refractivity contribution in [3.05, 3.63) is 0 Å². The van der Waals surface area contributed by atoms with Gasteiger partial charge < -0.3 is 20.7 Å². The van der Waals surface area contributed by atoms with Gasteiger partial charge in [0, 0.05) is 50.3 Å². The number of hydrogen-bond acceptors (Lipinski definition) is 4. The van der Waals surface area contributed by atoms with Crippen LogP contribution in [0.3, 0.4) is 0 Å². The van der Waals surface area contributed by atoms with Crippen LogP contribution in [0.25, 0.3) is 0 Å². The number of halogens is 1. The molecule has 0 aromatic rings. The number of ether oxygens (including phenoxy) is 1. The number of guanidine groups is 1. The Morgan fingerprint density at radius 1 is 1.17 bits per heavy atom. The van der Waals surface area contributed by atoms with Crippen molar-refractivity contribution in [2.24, 2.45) is 10.9 Å². The molecule has 30 heavy (non-hydrogen) atoms. The molecule has 8 heteroatoms. The molecule has 2 saturated heterocycles. The van der Waals surface area contributed by atoms with Crippen molar-refractivity contribution in [3.63, 3.8) is 0 Å². The van der Waals surface area contributed by atoms with E-state index in [1.165, 1.54) is 25.9 Å². The molecule has 3 rings (SSSR count). The molecule has 0 aromatic carbocycles. The summed E-state index contributed by atoms with van der Waals surface area (Å²) in [6.45, 7) is 9.04. The number of aliphatic imine (C=N–C) groups is 1. The molecule has 0 bridgehead atoms. The van der Waals surface area contributed by atoms with Crippen LogP contribution in [-0.2, 0) is 9.53 Å². The molecule has 7 nitrogen and oxygen atoms in total. The first kappa shape index (κ1) is 25.6. The van der Waals surface area contributed by atoms with Gasteiger partial charge in [-0.05, 0) is 71.9 Å². The summed E-state index contributed by atoms with van der Waals surface area (Å²) in [6.07, 6.45) is 8.81. The maximum atomic E-state index is 12.4. The molecule has 0 aromatic heterocycles. The van der Waals surface area contributed by atoms with Gasteiger partial charge in [-0.15, -0.1) is 24.0 Å². The zero-order chi connectivity index (χ0) is 20.7. The molecule has 2 heterocycles. The maximum Gasteiger partial charge on any atom is 0.223 e. The van der Waals surface area contributed by atoms with Crippen LogP contribution in [-0.4, -0.2) is 74.3 Å². The average Bonchev–Trinajstić information content (AvgIpc) is 3.27. The summed E-state index contributed by atoms with van der Waals surface area (Å²) in [4.78, 5) is 19.6. The van der Waals surface area contributed by atoms with Crippen LogP contribution >= 0.6 is 24.0 Å². The molecule has 2 atom stereocenters. The van der Waals surface area contributed by atoms with Gasteiger partial charge in [-0.2, -0.15) is 0 Å². The Bertz CT molecular complexity index is 560. The third-order valence-corrected chi connectivity index (χ3v) is 6.83. The Labute approximate surface area is 199 Å². The van der Waals surface area contributed by atoms with E-state index < -0.39 is 0 Å². The summed E-state index contributed by atoms with van der Waals surface area (Å²) >= 11 is 0. The number of rotatable bonds is 6. The second-order valence-corrected chi connectivity index (χ2v) is 9.32. The Morgan fingerprint density at radius 3 is 2.50 bits per heavy atom. The lowest BCUT2D eigenvalue weighted by atomic mass is 9.85. The van der Waals surface area contributed by atoms with E-state index in [1.54, 1.807) is 0 Å². The van der Waals surface area contributed by atoms with E-state index in [1.807, 2.05) is 20.9 Å². The van der Waals surface area contributed by atoms with Crippen molar-refractivity contribution in [1.29, 1.82) is 0 Å². The lowest BCUT2D eigenvalue weighted by Crippen LogP contribution is -2.59. The van der Waals surface area contributed by atoms with E-state index in [4.69, 9.17) is 4.74 Å². The van der Waals surface area contributed by atoms with Crippen molar-refractivity contribution in [2.45, 2.75) is 82.8 Å². The lowest BCUT2D eigenvalue weighted by Gasteiger charge is -2.45. The van der Waals surface area contributed by atoms with E-state index in [0.717, 1.165) is 64.2 Å². The average molecular weight is 536 g/mol. The highest BCUT2D eigenvalue weighted by atomic mass is 127. The first-order valence-corrected chi connectivity index (χ1v) is 11.6. The largest absolute Gasteiger partial charge is 0.381 e. The fourth-order valence-electron chi connectivity index (χ4n) is 5.15. The molecule has 3 fully saturated rings. The molecule has 174 valence electrons. The standard InChI is InChI=1S/C22H41N5O2.HI/c1-17(2)25-20(28)18-7-6-8-19(15-18)26-21(23-3)24-16-22(9-13-29-14-10-22)27-11-4-5-12-27;/h17-19H,4-16H2,1-3H3,(H,25,28)(H2,23,24,26);1H. The normalized spacial score (nSPS) is 27.4. The highest BCUT2D eigenvalue weighted by Crippen LogP contribution is 2.31. The van der Waals surface area contributed by atoms with Crippen molar-refractivity contribution in [1.82, 2.24) is 20.9 Å². The van der Waals surface area contributed by atoms with Crippen LogP contribution in [0.5, 0.6) is 0 Å². The number of amides is 1. The number of nitrogens with zero attached hydrogens (tertiary/aromatic N) is 2. The Hall–Kier alpha value is -0.610. The van der Waals surface area contributed by atoms with Gasteiger partial charge in [0.25, 0.3) is 0 Å². The topological polar surface area (TPSA) is 78.0 Å². The van der Waals surface area contributed by atoms with Gasteiger partial charge >= 0.3 is 0 Å². The zero-order valence-electron chi connectivity index (χ0n) is 19.0. The molecule has 2 aliphatic heterocycles. The number of likely N-dealkylation sites (tertiary alicyclic amines) is 1. The van der Waals surface area contributed by atoms with Crippen molar-refractivity contribution < 1.29 is 9.53 Å². The number of nitrogens with one attached hydrogen (secondary N) is 3. The van der Waals surface area contributed by atoms with Gasteiger partial charge in [0.15, 0.2) is 5.96 Å². The van der Waals surface area contributed by atoms with Crippen LogP contribution in [0.2, 0.25) is 0 Å². The third-order valence-electron chi connectivity index (χ3n) is 6.83. The van der Waals surface area contributed by atoms with Crippen LogP contribution < -0.4 is 16.0 Å². The summed E-state index contributed by atoms with van der Waals surface area (Å²) < 4.78 is 5.66. The Kier molecular flexibility index (Phi) is 10.6. The predicted molar refractivity (Wildman–Crippen MR) is 133 cm³/mol. The number of hydrogen-bond donors (Lipinski definition) is 3. The smallest absolute Gasteiger partial charge is 0.223 e. The second kappa shape index (κ2) is 12.4. The molecule has 1 amide bonds. The third kappa shape index (κ3) is 6.95. The molecule has 0 spiro atoms. The fourth-order valence-corrected chi connectivity index (χ4v) is 5.15. The van der Waals surface area contributed by atoms with Crippen molar-refractivity contribution >= 4 is 35.8 Å². The summed E-state index contributed by atoms with van der Waals surface area (Å²) in [7, 11) is 1.84. The van der Waals surface area contributed by atoms with Gasteiger partial charge in [-0.1, -0.05) is 6.42 Å². The van der Waals surface area contributed by atoms with Crippen LogP contribution in [0.15, 0.2) is 4.99 Å². The number of carbonyl (C=O) groups excluding carboxylic acids is 1. The van der Waals surface area contributed by atoms with Gasteiger partial charge in [0.05, 0.1) is 0 Å². The van der Waals surface area contributed by atoms with E-state index in [9.17, 15) is 4.79 Å². The predicted octanol–water partition coefficient (Wildman–Crippen LogP) is 2.50. The molecular formula is C22H42IN5O2. The highest BCUT2D eigenvalue weighted by molar-refractivity contribution is 14.0. The number of carbonyl (C=O) groups is 1. The van der Waals surface area contributed by atoms with Gasteiger partial charge in [0.2, 0.25) is 5.91 Å². The van der Waals surface area contributed by atoms with Gasteiger partial charge in [-0.3, -0.25) is 14.7 Å². The summed E-state index contributed by atoms with van der Waals surface area (Å²) in [6, 6.07) is 0.502. The Morgan fingerprint density at radius 2 is 1.87 bits per heavy atom. The zero-order valence-corrected chi connectivity index (χ0v) is 21.4. The first-order chi connectivity index (χ1) is 14.0. The lowest BCUT2D eigenvalue weighted by molar-refractivity contribution is -0.126. The molecular weight excluding hydrogens is 493 g/mol. The van der Waals surface area contributed by atoms with Gasteiger partial charge in [-0.25, -0.2) is 0 Å². The molecule has 3 aliphatic rings. The quantitative estimate of drug-likeness (QED) is 0.277. The monoisotopic (exact) mass is 535 g/mol. The minimum Gasteiger partial charge on any atom is -0.381 e. The maximum absolute atomic E-state index is 12.4. The molecule has 2 unspecified atom stereocenters. The molecule has 0 radical (unpaired) electrons. The second-order valence-electron chi connectivity index (χ2n) is 9.32. The molecule has 1 saturated carbocycles. The van der Waals surface area contributed by atoms with Crippen LogP contribution in [0.4, 0.5) is 0 Å². The van der Waals surface area contributed by atoms with Crippen molar-refractivity contribution in [2.75, 3.05) is 39.9 Å². The Balaban J connectivity index is 0.00000320.